The summed E-state index contributed by atoms with van der Waals surface area (Å²) >= 11 is 8.10. The highest BCUT2D eigenvalue weighted by Crippen LogP contribution is 2.35. The normalized spacial score (nSPS) is 20.4. The van der Waals surface area contributed by atoms with Gasteiger partial charge in [0.05, 0.1) is 11.1 Å². The van der Waals surface area contributed by atoms with E-state index in [1.54, 1.807) is 0 Å². The van der Waals surface area contributed by atoms with Crippen molar-refractivity contribution in [2.75, 3.05) is 6.61 Å². The Labute approximate surface area is 89.2 Å². The van der Waals surface area contributed by atoms with E-state index in [4.69, 9.17) is 22.1 Å². The van der Waals surface area contributed by atoms with E-state index < -0.39 is 0 Å². The van der Waals surface area contributed by atoms with Crippen molar-refractivity contribution >= 4 is 34.2 Å². The molecule has 1 heterocycles. The van der Waals surface area contributed by atoms with Gasteiger partial charge in [-0.2, -0.15) is 0 Å². The Bertz CT molecular complexity index is 329. The predicted molar refractivity (Wildman–Crippen MR) is 56.6 cm³/mol. The Kier molecular flexibility index (Phi) is 2.18. The predicted octanol–water partition coefficient (Wildman–Crippen LogP) is 2.34. The van der Waals surface area contributed by atoms with Crippen molar-refractivity contribution in [2.45, 2.75) is 6.04 Å². The quantitative estimate of drug-likeness (QED) is 0.746. The third-order valence-electron chi connectivity index (χ3n) is 1.87. The molecule has 12 heavy (non-hydrogen) atoms. The zero-order valence-corrected chi connectivity index (χ0v) is 9.09. The maximum absolute atomic E-state index is 5.91. The van der Waals surface area contributed by atoms with Gasteiger partial charge in [0.2, 0.25) is 0 Å². The molecule has 0 aromatic heterocycles. The molecule has 0 aliphatic carbocycles. The Morgan fingerprint density at radius 2 is 2.33 bits per heavy atom. The van der Waals surface area contributed by atoms with Crippen LogP contribution in [0.2, 0.25) is 5.02 Å². The van der Waals surface area contributed by atoms with E-state index in [0.29, 0.717) is 6.61 Å². The van der Waals surface area contributed by atoms with E-state index in [2.05, 4.69) is 22.6 Å². The smallest absolute Gasteiger partial charge is 0.125 e. The molecule has 0 unspecified atom stereocenters. The molecule has 0 saturated heterocycles. The average molecular weight is 296 g/mol. The van der Waals surface area contributed by atoms with Crippen LogP contribution in [0.5, 0.6) is 5.75 Å². The van der Waals surface area contributed by atoms with E-state index in [9.17, 15) is 0 Å². The minimum absolute atomic E-state index is 0.00535. The Hall–Kier alpha value is -0.0000000000000000555. The molecular formula is C8H7ClINO. The number of nitrogens with two attached hydrogens (primary N) is 1. The fraction of sp³-hybridized carbons (Fsp3) is 0.250. The van der Waals surface area contributed by atoms with Gasteiger partial charge in [-0.25, -0.2) is 0 Å². The molecule has 1 aliphatic heterocycles. The minimum Gasteiger partial charge on any atom is -0.491 e. The van der Waals surface area contributed by atoms with Crippen LogP contribution in [-0.4, -0.2) is 6.61 Å². The van der Waals surface area contributed by atoms with Crippen molar-refractivity contribution in [3.63, 3.8) is 0 Å². The summed E-state index contributed by atoms with van der Waals surface area (Å²) in [6.45, 7) is 0.561. The standard InChI is InChI=1S/C8H7ClINO/c9-5-2-8-4(1-6(5)10)7(11)3-12-8/h1-2,7H,3,11H2/t7-/m0/s1. The number of ether oxygens (including phenoxy) is 1. The van der Waals surface area contributed by atoms with Gasteiger partial charge in [-0.05, 0) is 28.7 Å². The largest absolute Gasteiger partial charge is 0.491 e. The minimum atomic E-state index is 0.00535. The molecule has 1 aliphatic rings. The maximum Gasteiger partial charge on any atom is 0.125 e. The van der Waals surface area contributed by atoms with Crippen LogP contribution < -0.4 is 10.5 Å². The molecule has 1 atom stereocenters. The molecule has 0 bridgehead atoms. The second-order valence-corrected chi connectivity index (χ2v) is 4.29. The Morgan fingerprint density at radius 1 is 1.58 bits per heavy atom. The van der Waals surface area contributed by atoms with Crippen LogP contribution in [0.15, 0.2) is 12.1 Å². The lowest BCUT2D eigenvalue weighted by Gasteiger charge is -2.02. The molecule has 0 spiro atoms. The lowest BCUT2D eigenvalue weighted by atomic mass is 10.1. The highest BCUT2D eigenvalue weighted by Gasteiger charge is 2.21. The molecule has 4 heteroatoms. The van der Waals surface area contributed by atoms with Crippen LogP contribution in [0, 0.1) is 3.57 Å². The maximum atomic E-state index is 5.91. The summed E-state index contributed by atoms with van der Waals surface area (Å²) in [6, 6.07) is 3.81. The zero-order chi connectivity index (χ0) is 8.72. The summed E-state index contributed by atoms with van der Waals surface area (Å²) in [4.78, 5) is 0. The van der Waals surface area contributed by atoms with Crippen molar-refractivity contribution in [3.8, 4) is 5.75 Å². The molecule has 0 radical (unpaired) electrons. The van der Waals surface area contributed by atoms with Gasteiger partial charge in [0.25, 0.3) is 0 Å². The van der Waals surface area contributed by atoms with Crippen molar-refractivity contribution in [2.24, 2.45) is 5.73 Å². The first-order chi connectivity index (χ1) is 5.68. The molecule has 2 nitrogen and oxygen atoms in total. The summed E-state index contributed by atoms with van der Waals surface area (Å²) in [7, 11) is 0. The van der Waals surface area contributed by atoms with E-state index in [1.165, 1.54) is 0 Å². The number of rotatable bonds is 0. The van der Waals surface area contributed by atoms with Gasteiger partial charge in [0.15, 0.2) is 0 Å². The van der Waals surface area contributed by atoms with E-state index >= 15 is 0 Å². The van der Waals surface area contributed by atoms with Gasteiger partial charge >= 0.3 is 0 Å². The van der Waals surface area contributed by atoms with Crippen LogP contribution in [0.3, 0.4) is 0 Å². The first kappa shape index (κ1) is 8.59. The number of benzene rings is 1. The van der Waals surface area contributed by atoms with Crippen LogP contribution in [0.1, 0.15) is 11.6 Å². The van der Waals surface area contributed by atoms with Gasteiger partial charge in [-0.1, -0.05) is 11.6 Å². The average Bonchev–Trinajstić information content (AvgIpc) is 2.35. The topological polar surface area (TPSA) is 35.2 Å². The summed E-state index contributed by atoms with van der Waals surface area (Å²) in [6.07, 6.45) is 0. The Balaban J connectivity index is 2.56. The van der Waals surface area contributed by atoms with Gasteiger partial charge in [0, 0.05) is 15.2 Å². The molecule has 1 aromatic carbocycles. The molecule has 0 fully saturated rings. The van der Waals surface area contributed by atoms with Gasteiger partial charge in [-0.15, -0.1) is 0 Å². The zero-order valence-electron chi connectivity index (χ0n) is 6.18. The first-order valence-corrected chi connectivity index (χ1v) is 5.01. The molecular weight excluding hydrogens is 288 g/mol. The highest BCUT2D eigenvalue weighted by molar-refractivity contribution is 14.1. The van der Waals surface area contributed by atoms with Crippen LogP contribution in [0.4, 0.5) is 0 Å². The second-order valence-electron chi connectivity index (χ2n) is 2.72. The monoisotopic (exact) mass is 295 g/mol. The fourth-order valence-corrected chi connectivity index (χ4v) is 1.87. The van der Waals surface area contributed by atoms with E-state index in [0.717, 1.165) is 19.9 Å². The Morgan fingerprint density at radius 3 is 3.08 bits per heavy atom. The first-order valence-electron chi connectivity index (χ1n) is 3.56. The number of hydrogen-bond donors (Lipinski definition) is 1. The third-order valence-corrected chi connectivity index (χ3v) is 3.39. The number of fused-ring (bicyclic) bond motifs is 1. The summed E-state index contributed by atoms with van der Waals surface area (Å²) < 4.78 is 6.36. The number of halogens is 2. The summed E-state index contributed by atoms with van der Waals surface area (Å²) in [5, 5.41) is 0.725. The van der Waals surface area contributed by atoms with Crippen LogP contribution in [0.25, 0.3) is 0 Å². The van der Waals surface area contributed by atoms with Crippen LogP contribution >= 0.6 is 34.2 Å². The lowest BCUT2D eigenvalue weighted by molar-refractivity contribution is 0.333. The molecule has 0 amide bonds. The van der Waals surface area contributed by atoms with Crippen molar-refractivity contribution in [1.82, 2.24) is 0 Å². The molecule has 1 aromatic rings. The molecule has 2 N–H and O–H groups in total. The third kappa shape index (κ3) is 1.30. The van der Waals surface area contributed by atoms with Crippen LogP contribution in [-0.2, 0) is 0 Å². The SMILES string of the molecule is N[C@H]1COc2cc(Cl)c(I)cc21. The van der Waals surface area contributed by atoms with Gasteiger partial charge in [-0.3, -0.25) is 0 Å². The van der Waals surface area contributed by atoms with E-state index in [-0.39, 0.29) is 6.04 Å². The highest BCUT2D eigenvalue weighted by atomic mass is 127. The molecule has 0 saturated carbocycles. The summed E-state index contributed by atoms with van der Waals surface area (Å²) in [5.74, 6) is 0.827. The molecule has 64 valence electrons. The van der Waals surface area contributed by atoms with Crippen molar-refractivity contribution in [3.05, 3.63) is 26.3 Å². The fourth-order valence-electron chi connectivity index (χ4n) is 1.23. The van der Waals surface area contributed by atoms with E-state index in [1.807, 2.05) is 12.1 Å². The van der Waals surface area contributed by atoms with Crippen molar-refractivity contribution < 1.29 is 4.74 Å². The number of hydrogen-bond acceptors (Lipinski definition) is 2. The van der Waals surface area contributed by atoms with Gasteiger partial charge in [0.1, 0.15) is 12.4 Å². The van der Waals surface area contributed by atoms with Gasteiger partial charge < -0.3 is 10.5 Å². The second kappa shape index (κ2) is 3.05. The summed E-state index contributed by atoms with van der Waals surface area (Å²) in [5.41, 5.74) is 6.85. The molecule has 2 rings (SSSR count). The van der Waals surface area contributed by atoms with Crippen molar-refractivity contribution in [1.29, 1.82) is 0 Å². The lowest BCUT2D eigenvalue weighted by Crippen LogP contribution is -2.10.